The van der Waals surface area contributed by atoms with E-state index >= 15 is 0 Å². The SMILES string of the molecule is C=CCCc1ccccc1C(C#[C][Sn]([CH2]CCC)([CH2]CCC)[CH2]CCC)OC(C)=O. The molecular weight excluding hydrogens is 475 g/mol. The summed E-state index contributed by atoms with van der Waals surface area (Å²) in [5.74, 6) is 3.27. The Morgan fingerprint density at radius 2 is 1.63 bits per heavy atom. The van der Waals surface area contributed by atoms with Crippen LogP contribution in [-0.4, -0.2) is 24.3 Å². The van der Waals surface area contributed by atoms with Gasteiger partial charge in [0.25, 0.3) is 0 Å². The van der Waals surface area contributed by atoms with Crippen molar-refractivity contribution >= 4 is 24.3 Å². The maximum absolute atomic E-state index is 11.9. The van der Waals surface area contributed by atoms with E-state index in [4.69, 9.17) is 4.74 Å². The van der Waals surface area contributed by atoms with Gasteiger partial charge in [-0.1, -0.05) is 0 Å². The molecule has 1 unspecified atom stereocenters. The number of rotatable bonds is 14. The van der Waals surface area contributed by atoms with Gasteiger partial charge in [0.1, 0.15) is 0 Å². The molecule has 0 N–H and O–H groups in total. The molecule has 0 aliphatic rings. The average Bonchev–Trinajstić information content (AvgIpc) is 2.75. The third-order valence-electron chi connectivity index (χ3n) is 5.73. The van der Waals surface area contributed by atoms with Crippen molar-refractivity contribution in [1.82, 2.24) is 0 Å². The van der Waals surface area contributed by atoms with Gasteiger partial charge in [0, 0.05) is 0 Å². The van der Waals surface area contributed by atoms with E-state index in [0.717, 1.165) is 18.4 Å². The van der Waals surface area contributed by atoms with Gasteiger partial charge >= 0.3 is 190 Å². The number of unbranched alkanes of at least 4 members (excludes halogenated alkanes) is 3. The molecule has 0 fully saturated rings. The molecular formula is C27H42O2Sn. The predicted octanol–water partition coefficient (Wildman–Crippen LogP) is 7.80. The molecule has 2 nitrogen and oxygen atoms in total. The van der Waals surface area contributed by atoms with Gasteiger partial charge < -0.3 is 0 Å². The molecule has 0 saturated heterocycles. The van der Waals surface area contributed by atoms with Gasteiger partial charge in [-0.3, -0.25) is 0 Å². The van der Waals surface area contributed by atoms with E-state index in [0.29, 0.717) is 0 Å². The van der Waals surface area contributed by atoms with Crippen LogP contribution < -0.4 is 0 Å². The summed E-state index contributed by atoms with van der Waals surface area (Å²) < 4.78 is 13.7. The Kier molecular flexibility index (Phi) is 13.9. The number of allylic oxidation sites excluding steroid dienone is 1. The van der Waals surface area contributed by atoms with Gasteiger partial charge in [-0.15, -0.1) is 0 Å². The molecule has 0 amide bonds. The van der Waals surface area contributed by atoms with Crippen molar-refractivity contribution in [2.45, 2.75) is 98.5 Å². The van der Waals surface area contributed by atoms with Crippen LogP contribution in [0.1, 0.15) is 89.9 Å². The van der Waals surface area contributed by atoms with E-state index in [1.165, 1.54) is 64.3 Å². The van der Waals surface area contributed by atoms with Gasteiger partial charge in [-0.2, -0.15) is 0 Å². The molecule has 0 spiro atoms. The number of hydrogen-bond acceptors (Lipinski definition) is 2. The Hall–Kier alpha value is -1.21. The Balaban J connectivity index is 3.34. The molecule has 0 aliphatic carbocycles. The van der Waals surface area contributed by atoms with E-state index in [1.807, 2.05) is 18.2 Å². The molecule has 0 heterocycles. The molecule has 3 heteroatoms. The first kappa shape index (κ1) is 26.8. The van der Waals surface area contributed by atoms with Crippen LogP contribution in [0.3, 0.4) is 0 Å². The minimum absolute atomic E-state index is 0.260. The number of benzene rings is 1. The zero-order valence-electron chi connectivity index (χ0n) is 19.8. The molecule has 1 rings (SSSR count). The molecule has 30 heavy (non-hydrogen) atoms. The number of ether oxygens (including phenoxy) is 1. The molecule has 0 radical (unpaired) electrons. The second-order valence-electron chi connectivity index (χ2n) is 8.38. The van der Waals surface area contributed by atoms with Gasteiger partial charge in [0.05, 0.1) is 0 Å². The van der Waals surface area contributed by atoms with Crippen LogP contribution in [0.2, 0.25) is 13.3 Å². The Bertz CT molecular complexity index is 677. The fraction of sp³-hybridized carbons (Fsp3) is 0.593. The molecule has 1 atom stereocenters. The van der Waals surface area contributed by atoms with Crippen LogP contribution in [-0.2, 0) is 16.0 Å². The molecule has 0 aliphatic heterocycles. The number of carbonyl (C=O) groups excluding carboxylic acids is 1. The maximum atomic E-state index is 11.9. The number of carbonyl (C=O) groups is 1. The summed E-state index contributed by atoms with van der Waals surface area (Å²) in [5, 5.41) is 0. The van der Waals surface area contributed by atoms with Gasteiger partial charge in [0.15, 0.2) is 0 Å². The van der Waals surface area contributed by atoms with Gasteiger partial charge in [0.2, 0.25) is 0 Å². The monoisotopic (exact) mass is 518 g/mol. The second kappa shape index (κ2) is 15.6. The molecule has 166 valence electrons. The van der Waals surface area contributed by atoms with Crippen molar-refractivity contribution in [3.63, 3.8) is 0 Å². The topological polar surface area (TPSA) is 26.3 Å². The van der Waals surface area contributed by atoms with E-state index in [-0.39, 0.29) is 5.97 Å². The second-order valence-corrected chi connectivity index (χ2v) is 20.7. The Morgan fingerprint density at radius 3 is 2.13 bits per heavy atom. The first-order valence-electron chi connectivity index (χ1n) is 11.9. The van der Waals surface area contributed by atoms with Crippen LogP contribution >= 0.6 is 0 Å². The van der Waals surface area contributed by atoms with Crippen molar-refractivity contribution in [3.05, 3.63) is 48.0 Å². The summed E-state index contributed by atoms with van der Waals surface area (Å²) in [5.41, 5.74) is 2.25. The van der Waals surface area contributed by atoms with E-state index in [1.54, 1.807) is 0 Å². The first-order chi connectivity index (χ1) is 14.5. The third-order valence-corrected chi connectivity index (χ3v) is 18.9. The van der Waals surface area contributed by atoms with Gasteiger partial charge in [-0.25, -0.2) is 0 Å². The zero-order valence-corrected chi connectivity index (χ0v) is 22.6. The summed E-state index contributed by atoms with van der Waals surface area (Å²) in [6.45, 7) is 12.2. The number of aryl methyl sites for hydroxylation is 1. The van der Waals surface area contributed by atoms with Crippen molar-refractivity contribution in [1.29, 1.82) is 0 Å². The standard InChI is InChI=1S/C15H15O2.3C4H9.Sn/c1-4-6-9-13-10-7-8-11-14(13)15(5-2)17-12(3)16;3*1-3-4-2;/h4,7-8,10-11,15H,1,6,9H2,3H3;3*1,3-4H2,2H3;. The van der Waals surface area contributed by atoms with Crippen molar-refractivity contribution < 1.29 is 9.53 Å². The average molecular weight is 517 g/mol. The molecule has 1 aromatic carbocycles. The van der Waals surface area contributed by atoms with Gasteiger partial charge in [-0.05, 0) is 0 Å². The third kappa shape index (κ3) is 9.73. The molecule has 1 aromatic rings. The molecule has 0 saturated carbocycles. The van der Waals surface area contributed by atoms with E-state index in [2.05, 4.69) is 49.3 Å². The first-order valence-corrected chi connectivity index (χ1v) is 19.4. The Morgan fingerprint density at radius 1 is 1.07 bits per heavy atom. The Labute approximate surface area is 189 Å². The summed E-state index contributed by atoms with van der Waals surface area (Å²) in [4.78, 5) is 11.9. The normalized spacial score (nSPS) is 12.0. The number of esters is 1. The van der Waals surface area contributed by atoms with Crippen molar-refractivity contribution in [2.24, 2.45) is 0 Å². The van der Waals surface area contributed by atoms with E-state index < -0.39 is 24.5 Å². The summed E-state index contributed by atoms with van der Waals surface area (Å²) in [6, 6.07) is 8.26. The van der Waals surface area contributed by atoms with E-state index in [9.17, 15) is 4.79 Å². The quantitative estimate of drug-likeness (QED) is 0.109. The number of hydrogen-bond donors (Lipinski definition) is 0. The van der Waals surface area contributed by atoms with Crippen LogP contribution in [0.25, 0.3) is 0 Å². The van der Waals surface area contributed by atoms with Crippen molar-refractivity contribution in [3.8, 4) is 9.86 Å². The molecule has 0 bridgehead atoms. The fourth-order valence-corrected chi connectivity index (χ4v) is 17.2. The predicted molar refractivity (Wildman–Crippen MR) is 132 cm³/mol. The van der Waals surface area contributed by atoms with Crippen LogP contribution in [0.4, 0.5) is 0 Å². The van der Waals surface area contributed by atoms with Crippen LogP contribution in [0.15, 0.2) is 36.9 Å². The fourth-order valence-electron chi connectivity index (χ4n) is 3.94. The minimum atomic E-state index is -2.61. The summed E-state index contributed by atoms with van der Waals surface area (Å²) in [7, 11) is 0. The molecule has 0 aromatic heterocycles. The van der Waals surface area contributed by atoms with Crippen LogP contribution in [0, 0.1) is 9.86 Å². The summed E-state index contributed by atoms with van der Waals surface area (Å²) >= 11 is -2.61. The van der Waals surface area contributed by atoms with Crippen LogP contribution in [0.5, 0.6) is 0 Å². The summed E-state index contributed by atoms with van der Waals surface area (Å²) in [6.07, 6.45) is 10.8. The zero-order chi connectivity index (χ0) is 22.2. The van der Waals surface area contributed by atoms with Crippen molar-refractivity contribution in [2.75, 3.05) is 0 Å².